The molecule has 1 aliphatic heterocycles. The Balaban J connectivity index is 1.78. The standard InChI is InChI=1S/C14H19N3O4/c1-15-13-9-21-8-12(13)14(18)16-7-6-10-2-4-11(5-3-10)17(19)20/h2-5,12-13,15H,6-9H2,1H3,(H,16,18). The van der Waals surface area contributed by atoms with Gasteiger partial charge in [0.2, 0.25) is 5.91 Å². The first-order chi connectivity index (χ1) is 10.1. The number of carbonyl (C=O) groups excluding carboxylic acids is 1. The number of non-ortho nitro benzene ring substituents is 1. The minimum atomic E-state index is -0.427. The van der Waals surface area contributed by atoms with Crippen molar-refractivity contribution in [3.05, 3.63) is 39.9 Å². The van der Waals surface area contributed by atoms with Crippen LogP contribution in [0.25, 0.3) is 0 Å². The maximum atomic E-state index is 12.0. The second kappa shape index (κ2) is 7.14. The Morgan fingerprint density at radius 3 is 2.71 bits per heavy atom. The number of ether oxygens (including phenoxy) is 1. The first-order valence-electron chi connectivity index (χ1n) is 6.88. The third-order valence-electron chi connectivity index (χ3n) is 3.65. The summed E-state index contributed by atoms with van der Waals surface area (Å²) in [6.45, 7) is 1.50. The van der Waals surface area contributed by atoms with E-state index in [-0.39, 0.29) is 23.6 Å². The van der Waals surface area contributed by atoms with Crippen molar-refractivity contribution in [3.8, 4) is 0 Å². The van der Waals surface area contributed by atoms with Crippen molar-refractivity contribution < 1.29 is 14.5 Å². The molecule has 0 saturated carbocycles. The van der Waals surface area contributed by atoms with Gasteiger partial charge >= 0.3 is 0 Å². The van der Waals surface area contributed by atoms with E-state index in [1.54, 1.807) is 12.1 Å². The number of benzene rings is 1. The van der Waals surface area contributed by atoms with Crippen LogP contribution in [-0.4, -0.2) is 43.7 Å². The fraction of sp³-hybridized carbons (Fsp3) is 0.500. The number of amides is 1. The summed E-state index contributed by atoms with van der Waals surface area (Å²) in [6, 6.07) is 6.42. The molecule has 2 unspecified atom stereocenters. The van der Waals surface area contributed by atoms with Crippen molar-refractivity contribution in [3.63, 3.8) is 0 Å². The van der Waals surface area contributed by atoms with Crippen molar-refractivity contribution in [2.24, 2.45) is 5.92 Å². The molecule has 1 aromatic carbocycles. The van der Waals surface area contributed by atoms with Crippen LogP contribution in [0.2, 0.25) is 0 Å². The number of hydrogen-bond acceptors (Lipinski definition) is 5. The van der Waals surface area contributed by atoms with Gasteiger partial charge in [-0.3, -0.25) is 14.9 Å². The van der Waals surface area contributed by atoms with E-state index in [1.165, 1.54) is 12.1 Å². The number of nitrogens with one attached hydrogen (secondary N) is 2. The molecule has 0 aromatic heterocycles. The molecule has 1 fully saturated rings. The molecular formula is C14H19N3O4. The fourth-order valence-electron chi connectivity index (χ4n) is 2.34. The third-order valence-corrected chi connectivity index (χ3v) is 3.65. The summed E-state index contributed by atoms with van der Waals surface area (Å²) < 4.78 is 5.29. The van der Waals surface area contributed by atoms with Gasteiger partial charge in [0, 0.05) is 24.7 Å². The largest absolute Gasteiger partial charge is 0.379 e. The zero-order valence-corrected chi connectivity index (χ0v) is 11.9. The number of hydrogen-bond donors (Lipinski definition) is 2. The molecule has 7 heteroatoms. The van der Waals surface area contributed by atoms with E-state index in [0.717, 1.165) is 5.56 Å². The Kier molecular flexibility index (Phi) is 5.24. The van der Waals surface area contributed by atoms with Gasteiger partial charge in [0.05, 0.1) is 24.1 Å². The second-order valence-corrected chi connectivity index (χ2v) is 5.00. The van der Waals surface area contributed by atoms with Crippen LogP contribution in [0.15, 0.2) is 24.3 Å². The lowest BCUT2D eigenvalue weighted by Crippen LogP contribution is -2.43. The summed E-state index contributed by atoms with van der Waals surface area (Å²) in [4.78, 5) is 22.2. The van der Waals surface area contributed by atoms with Gasteiger partial charge in [-0.1, -0.05) is 12.1 Å². The molecule has 1 aliphatic rings. The van der Waals surface area contributed by atoms with E-state index in [0.29, 0.717) is 26.2 Å². The minimum Gasteiger partial charge on any atom is -0.379 e. The van der Waals surface area contributed by atoms with E-state index in [1.807, 2.05) is 7.05 Å². The average Bonchev–Trinajstić information content (AvgIpc) is 2.96. The molecule has 1 amide bonds. The number of rotatable bonds is 6. The van der Waals surface area contributed by atoms with E-state index >= 15 is 0 Å². The van der Waals surface area contributed by atoms with E-state index in [9.17, 15) is 14.9 Å². The van der Waals surface area contributed by atoms with Crippen LogP contribution in [0.1, 0.15) is 5.56 Å². The highest BCUT2D eigenvalue weighted by Gasteiger charge is 2.32. The van der Waals surface area contributed by atoms with Gasteiger partial charge < -0.3 is 15.4 Å². The average molecular weight is 293 g/mol. The Morgan fingerprint density at radius 2 is 2.10 bits per heavy atom. The summed E-state index contributed by atoms with van der Waals surface area (Å²) in [5, 5.41) is 16.5. The minimum absolute atomic E-state index is 0.0197. The van der Waals surface area contributed by atoms with Crippen molar-refractivity contribution in [2.45, 2.75) is 12.5 Å². The monoisotopic (exact) mass is 293 g/mol. The molecule has 0 radical (unpaired) electrons. The highest BCUT2D eigenvalue weighted by molar-refractivity contribution is 5.79. The first kappa shape index (κ1) is 15.4. The number of nitro groups is 1. The Labute approximate surface area is 122 Å². The molecule has 0 aliphatic carbocycles. The summed E-state index contributed by atoms with van der Waals surface area (Å²) in [5.74, 6) is -0.180. The van der Waals surface area contributed by atoms with Crippen molar-refractivity contribution in [1.82, 2.24) is 10.6 Å². The predicted molar refractivity (Wildman–Crippen MR) is 77.0 cm³/mol. The predicted octanol–water partition coefficient (Wildman–Crippen LogP) is 0.488. The lowest BCUT2D eigenvalue weighted by molar-refractivity contribution is -0.384. The quantitative estimate of drug-likeness (QED) is 0.588. The topological polar surface area (TPSA) is 93.5 Å². The highest BCUT2D eigenvalue weighted by Crippen LogP contribution is 2.14. The van der Waals surface area contributed by atoms with Gasteiger partial charge in [0.1, 0.15) is 0 Å². The number of likely N-dealkylation sites (N-methyl/N-ethyl adjacent to an activating group) is 1. The van der Waals surface area contributed by atoms with E-state index in [2.05, 4.69) is 10.6 Å². The summed E-state index contributed by atoms with van der Waals surface area (Å²) in [5.41, 5.74) is 1.02. The van der Waals surface area contributed by atoms with Gasteiger partial charge in [-0.05, 0) is 19.0 Å². The van der Waals surface area contributed by atoms with Gasteiger partial charge in [0.15, 0.2) is 0 Å². The van der Waals surface area contributed by atoms with Gasteiger partial charge in [0.25, 0.3) is 5.69 Å². The summed E-state index contributed by atoms with van der Waals surface area (Å²) >= 11 is 0. The molecule has 1 saturated heterocycles. The van der Waals surface area contributed by atoms with Crippen LogP contribution in [0, 0.1) is 16.0 Å². The van der Waals surface area contributed by atoms with Crippen LogP contribution in [0.5, 0.6) is 0 Å². The fourth-order valence-corrected chi connectivity index (χ4v) is 2.34. The SMILES string of the molecule is CNC1COCC1C(=O)NCCc1ccc([N+](=O)[O-])cc1. The van der Waals surface area contributed by atoms with Crippen molar-refractivity contribution >= 4 is 11.6 Å². The van der Waals surface area contributed by atoms with Crippen LogP contribution >= 0.6 is 0 Å². The maximum Gasteiger partial charge on any atom is 0.269 e. The molecular weight excluding hydrogens is 274 g/mol. The molecule has 1 aromatic rings. The zero-order valence-electron chi connectivity index (χ0n) is 11.9. The van der Waals surface area contributed by atoms with Crippen LogP contribution in [0.4, 0.5) is 5.69 Å². The molecule has 0 bridgehead atoms. The van der Waals surface area contributed by atoms with Gasteiger partial charge in [-0.25, -0.2) is 0 Å². The molecule has 0 spiro atoms. The van der Waals surface area contributed by atoms with Crippen LogP contribution in [0.3, 0.4) is 0 Å². The molecule has 1 heterocycles. The molecule has 2 atom stereocenters. The Hall–Kier alpha value is -1.99. The molecule has 7 nitrogen and oxygen atoms in total. The number of carbonyl (C=O) groups is 1. The van der Waals surface area contributed by atoms with E-state index in [4.69, 9.17) is 4.74 Å². The highest BCUT2D eigenvalue weighted by atomic mass is 16.6. The van der Waals surface area contributed by atoms with Crippen LogP contribution in [-0.2, 0) is 16.0 Å². The van der Waals surface area contributed by atoms with Crippen molar-refractivity contribution in [2.75, 3.05) is 26.8 Å². The third kappa shape index (κ3) is 3.99. The molecule has 2 N–H and O–H groups in total. The molecule has 2 rings (SSSR count). The molecule has 21 heavy (non-hydrogen) atoms. The Bertz CT molecular complexity index is 503. The maximum absolute atomic E-state index is 12.0. The van der Waals surface area contributed by atoms with Crippen LogP contribution < -0.4 is 10.6 Å². The molecule has 114 valence electrons. The van der Waals surface area contributed by atoms with Gasteiger partial charge in [-0.2, -0.15) is 0 Å². The zero-order chi connectivity index (χ0) is 15.2. The Morgan fingerprint density at radius 1 is 1.38 bits per heavy atom. The summed E-state index contributed by atoms with van der Waals surface area (Å²) in [7, 11) is 1.82. The van der Waals surface area contributed by atoms with Crippen molar-refractivity contribution in [1.29, 1.82) is 0 Å². The smallest absolute Gasteiger partial charge is 0.269 e. The normalized spacial score (nSPS) is 21.2. The second-order valence-electron chi connectivity index (χ2n) is 5.00. The van der Waals surface area contributed by atoms with E-state index < -0.39 is 4.92 Å². The lowest BCUT2D eigenvalue weighted by atomic mass is 10.0. The number of nitrogens with zero attached hydrogens (tertiary/aromatic N) is 1. The van der Waals surface area contributed by atoms with Gasteiger partial charge in [-0.15, -0.1) is 0 Å². The lowest BCUT2D eigenvalue weighted by Gasteiger charge is -2.16. The number of nitro benzene ring substituents is 1. The summed E-state index contributed by atoms with van der Waals surface area (Å²) in [6.07, 6.45) is 0.640. The first-order valence-corrected chi connectivity index (χ1v) is 6.88.